The second kappa shape index (κ2) is 6.39. The number of rotatable bonds is 5. The first-order valence-corrected chi connectivity index (χ1v) is 7.91. The van der Waals surface area contributed by atoms with Crippen molar-refractivity contribution in [2.45, 2.75) is 57.4 Å². The SMILES string of the molecule is CCCC(N)Cc1nc(C2CCc3ccccc3C2)no1. The van der Waals surface area contributed by atoms with E-state index in [1.807, 2.05) is 0 Å². The quantitative estimate of drug-likeness (QED) is 0.917. The van der Waals surface area contributed by atoms with Crippen LogP contribution in [-0.2, 0) is 19.3 Å². The lowest BCUT2D eigenvalue weighted by Gasteiger charge is -2.21. The number of benzene rings is 1. The summed E-state index contributed by atoms with van der Waals surface area (Å²) in [7, 11) is 0. The summed E-state index contributed by atoms with van der Waals surface area (Å²) in [6, 6.07) is 8.76. The van der Waals surface area contributed by atoms with E-state index < -0.39 is 0 Å². The lowest BCUT2D eigenvalue weighted by Crippen LogP contribution is -2.22. The zero-order chi connectivity index (χ0) is 14.7. The third-order valence-corrected chi connectivity index (χ3v) is 4.29. The van der Waals surface area contributed by atoms with Crippen LogP contribution in [0.5, 0.6) is 0 Å². The highest BCUT2D eigenvalue weighted by Crippen LogP contribution is 2.31. The van der Waals surface area contributed by atoms with Crippen molar-refractivity contribution in [3.63, 3.8) is 0 Å². The Labute approximate surface area is 125 Å². The van der Waals surface area contributed by atoms with Gasteiger partial charge in [0.2, 0.25) is 5.89 Å². The Morgan fingerprint density at radius 2 is 2.14 bits per heavy atom. The minimum atomic E-state index is 0.121. The molecule has 1 heterocycles. The molecule has 2 N–H and O–H groups in total. The maximum absolute atomic E-state index is 6.04. The Morgan fingerprint density at radius 3 is 2.95 bits per heavy atom. The normalized spacial score (nSPS) is 19.2. The molecule has 1 aliphatic rings. The molecule has 0 radical (unpaired) electrons. The Bertz CT molecular complexity index is 593. The van der Waals surface area contributed by atoms with Gasteiger partial charge in [-0.05, 0) is 36.8 Å². The van der Waals surface area contributed by atoms with Crippen molar-refractivity contribution in [3.8, 4) is 0 Å². The molecule has 2 aromatic rings. The van der Waals surface area contributed by atoms with Crippen molar-refractivity contribution < 1.29 is 4.52 Å². The smallest absolute Gasteiger partial charge is 0.228 e. The molecule has 2 atom stereocenters. The monoisotopic (exact) mass is 285 g/mol. The molecule has 1 aromatic heterocycles. The fourth-order valence-electron chi connectivity index (χ4n) is 3.13. The first-order valence-electron chi connectivity index (χ1n) is 7.91. The van der Waals surface area contributed by atoms with Crippen molar-refractivity contribution in [2.75, 3.05) is 0 Å². The molecule has 4 heteroatoms. The number of hydrogen-bond acceptors (Lipinski definition) is 4. The molecule has 3 rings (SSSR count). The van der Waals surface area contributed by atoms with Crippen LogP contribution >= 0.6 is 0 Å². The Kier molecular flexibility index (Phi) is 4.34. The fraction of sp³-hybridized carbons (Fsp3) is 0.529. The van der Waals surface area contributed by atoms with E-state index in [0.717, 1.165) is 37.9 Å². The molecule has 112 valence electrons. The van der Waals surface area contributed by atoms with Gasteiger partial charge in [0.1, 0.15) is 0 Å². The van der Waals surface area contributed by atoms with Gasteiger partial charge in [0.05, 0.1) is 0 Å². The number of nitrogens with zero attached hydrogens (tertiary/aromatic N) is 2. The minimum Gasteiger partial charge on any atom is -0.339 e. The van der Waals surface area contributed by atoms with E-state index in [1.165, 1.54) is 11.1 Å². The molecule has 0 fully saturated rings. The van der Waals surface area contributed by atoms with E-state index in [2.05, 4.69) is 41.3 Å². The summed E-state index contributed by atoms with van der Waals surface area (Å²) in [4.78, 5) is 4.57. The average molecular weight is 285 g/mol. The predicted octanol–water partition coefficient (Wildman–Crippen LogP) is 3.01. The molecule has 1 aliphatic carbocycles. The molecule has 0 saturated heterocycles. The van der Waals surface area contributed by atoms with E-state index in [9.17, 15) is 0 Å². The molecular weight excluding hydrogens is 262 g/mol. The highest BCUT2D eigenvalue weighted by Gasteiger charge is 2.24. The van der Waals surface area contributed by atoms with Crippen LogP contribution < -0.4 is 5.73 Å². The van der Waals surface area contributed by atoms with Crippen LogP contribution in [0, 0.1) is 0 Å². The minimum absolute atomic E-state index is 0.121. The zero-order valence-electron chi connectivity index (χ0n) is 12.6. The zero-order valence-corrected chi connectivity index (χ0v) is 12.6. The van der Waals surface area contributed by atoms with Crippen LogP contribution in [0.3, 0.4) is 0 Å². The van der Waals surface area contributed by atoms with E-state index in [0.29, 0.717) is 18.2 Å². The van der Waals surface area contributed by atoms with Gasteiger partial charge < -0.3 is 10.3 Å². The van der Waals surface area contributed by atoms with Gasteiger partial charge in [0.15, 0.2) is 5.82 Å². The van der Waals surface area contributed by atoms with Crippen LogP contribution in [0.2, 0.25) is 0 Å². The summed E-state index contributed by atoms with van der Waals surface area (Å²) in [6.07, 6.45) is 5.97. The second-order valence-corrected chi connectivity index (χ2v) is 6.01. The van der Waals surface area contributed by atoms with Gasteiger partial charge in [-0.1, -0.05) is 42.8 Å². The maximum atomic E-state index is 6.04. The summed E-state index contributed by atoms with van der Waals surface area (Å²) in [5, 5.41) is 4.18. The topological polar surface area (TPSA) is 64.9 Å². The van der Waals surface area contributed by atoms with Crippen LogP contribution in [0.25, 0.3) is 0 Å². The third kappa shape index (κ3) is 3.32. The van der Waals surface area contributed by atoms with Gasteiger partial charge in [0.25, 0.3) is 0 Å². The van der Waals surface area contributed by atoms with Gasteiger partial charge in [-0.25, -0.2) is 0 Å². The molecule has 0 spiro atoms. The van der Waals surface area contributed by atoms with Crippen molar-refractivity contribution >= 4 is 0 Å². The summed E-state index contributed by atoms with van der Waals surface area (Å²) >= 11 is 0. The molecule has 0 bridgehead atoms. The summed E-state index contributed by atoms with van der Waals surface area (Å²) < 4.78 is 5.38. The van der Waals surface area contributed by atoms with Crippen molar-refractivity contribution in [1.82, 2.24) is 10.1 Å². The van der Waals surface area contributed by atoms with E-state index in [-0.39, 0.29) is 6.04 Å². The molecule has 2 unspecified atom stereocenters. The lowest BCUT2D eigenvalue weighted by molar-refractivity contribution is 0.356. The van der Waals surface area contributed by atoms with Crippen molar-refractivity contribution in [3.05, 3.63) is 47.1 Å². The molecule has 0 amide bonds. The van der Waals surface area contributed by atoms with Gasteiger partial charge in [-0.2, -0.15) is 4.98 Å². The largest absolute Gasteiger partial charge is 0.339 e. The Hall–Kier alpha value is -1.68. The van der Waals surface area contributed by atoms with Crippen LogP contribution in [0.15, 0.2) is 28.8 Å². The van der Waals surface area contributed by atoms with Gasteiger partial charge in [-0.15, -0.1) is 0 Å². The second-order valence-electron chi connectivity index (χ2n) is 6.01. The highest BCUT2D eigenvalue weighted by molar-refractivity contribution is 5.31. The van der Waals surface area contributed by atoms with E-state index in [4.69, 9.17) is 10.3 Å². The van der Waals surface area contributed by atoms with Crippen molar-refractivity contribution in [1.29, 1.82) is 0 Å². The number of hydrogen-bond donors (Lipinski definition) is 1. The number of fused-ring (bicyclic) bond motifs is 1. The molecule has 21 heavy (non-hydrogen) atoms. The first-order chi connectivity index (χ1) is 10.3. The van der Waals surface area contributed by atoms with Gasteiger partial charge in [0, 0.05) is 18.4 Å². The standard InChI is InChI=1S/C17H23N3O/c1-2-5-15(18)11-16-19-17(20-21-16)14-9-8-12-6-3-4-7-13(12)10-14/h3-4,6-7,14-15H,2,5,8-11,18H2,1H3. The number of nitrogens with two attached hydrogens (primary N) is 1. The number of aryl methyl sites for hydroxylation is 1. The van der Waals surface area contributed by atoms with E-state index >= 15 is 0 Å². The van der Waals surface area contributed by atoms with Crippen LogP contribution in [0.4, 0.5) is 0 Å². The molecule has 1 aromatic carbocycles. The average Bonchev–Trinajstić information content (AvgIpc) is 2.95. The van der Waals surface area contributed by atoms with Gasteiger partial charge in [-0.3, -0.25) is 0 Å². The molecule has 0 saturated carbocycles. The molecular formula is C17H23N3O. The maximum Gasteiger partial charge on any atom is 0.228 e. The summed E-state index contributed by atoms with van der Waals surface area (Å²) in [5.41, 5.74) is 8.92. The third-order valence-electron chi connectivity index (χ3n) is 4.29. The molecule has 4 nitrogen and oxygen atoms in total. The summed E-state index contributed by atoms with van der Waals surface area (Å²) in [6.45, 7) is 2.14. The van der Waals surface area contributed by atoms with Gasteiger partial charge >= 0.3 is 0 Å². The highest BCUT2D eigenvalue weighted by atomic mass is 16.5. The summed E-state index contributed by atoms with van der Waals surface area (Å²) in [5.74, 6) is 1.91. The Balaban J connectivity index is 1.67. The molecule has 0 aliphatic heterocycles. The predicted molar refractivity (Wildman–Crippen MR) is 82.1 cm³/mol. The Morgan fingerprint density at radius 1 is 1.33 bits per heavy atom. The first kappa shape index (κ1) is 14.3. The van der Waals surface area contributed by atoms with Crippen molar-refractivity contribution in [2.24, 2.45) is 5.73 Å². The fourth-order valence-corrected chi connectivity index (χ4v) is 3.13. The number of aromatic nitrogens is 2. The van der Waals surface area contributed by atoms with Crippen LogP contribution in [-0.4, -0.2) is 16.2 Å². The van der Waals surface area contributed by atoms with Crippen LogP contribution in [0.1, 0.15) is 54.9 Å². The lowest BCUT2D eigenvalue weighted by atomic mass is 9.83. The van der Waals surface area contributed by atoms with E-state index in [1.54, 1.807) is 0 Å².